The van der Waals surface area contributed by atoms with E-state index in [-0.39, 0.29) is 24.3 Å². The molecule has 0 aliphatic carbocycles. The summed E-state index contributed by atoms with van der Waals surface area (Å²) in [4.78, 5) is 36.1. The van der Waals surface area contributed by atoms with Crippen LogP contribution < -0.4 is 10.3 Å². The highest BCUT2D eigenvalue weighted by atomic mass is 35.5. The number of ether oxygens (including phenoxy) is 1. The summed E-state index contributed by atoms with van der Waals surface area (Å²) in [6, 6.07) is 12.8. The van der Waals surface area contributed by atoms with E-state index in [1.54, 1.807) is 48.8 Å². The Labute approximate surface area is 244 Å². The van der Waals surface area contributed by atoms with Gasteiger partial charge in [-0.15, -0.1) is 11.3 Å². The van der Waals surface area contributed by atoms with Crippen molar-refractivity contribution in [3.05, 3.63) is 85.9 Å². The molecule has 0 fully saturated rings. The number of aryl methyl sites for hydroxylation is 1. The molecule has 5 rings (SSSR count). The number of aromatic carboxylic acids is 1. The highest BCUT2D eigenvalue weighted by molar-refractivity contribution is 7.18. The van der Waals surface area contributed by atoms with Gasteiger partial charge < -0.3 is 14.7 Å². The molecule has 0 amide bonds. The Balaban J connectivity index is 1.45. The molecule has 0 aliphatic rings. The Morgan fingerprint density at radius 3 is 2.76 bits per heavy atom. The summed E-state index contributed by atoms with van der Waals surface area (Å²) in [5.74, 6) is -0.000744. The van der Waals surface area contributed by atoms with Crippen molar-refractivity contribution in [2.45, 2.75) is 19.9 Å². The summed E-state index contributed by atoms with van der Waals surface area (Å²) in [7, 11) is 3.97. The van der Waals surface area contributed by atoms with Crippen LogP contribution in [0.5, 0.6) is 5.75 Å². The lowest BCUT2D eigenvalue weighted by molar-refractivity contribution is 0.0699. The van der Waals surface area contributed by atoms with Crippen LogP contribution in [0.2, 0.25) is 5.02 Å². The van der Waals surface area contributed by atoms with Crippen LogP contribution in [0.4, 0.5) is 0 Å². The third-order valence-electron chi connectivity index (χ3n) is 6.77. The molecule has 3 heterocycles. The Morgan fingerprint density at radius 1 is 1.22 bits per heavy atom. The number of hydrogen-bond donors (Lipinski definition) is 1. The maximum Gasteiger partial charge on any atom is 0.338 e. The average Bonchev–Trinajstić information content (AvgIpc) is 3.38. The SMILES string of the molecule is Cc1nc2cc(CCN(C)C)cc(C#N)c2c(=O)n1CCOc1ccc(Cl)cc1-c1ccnc2c(C(=O)O)csc12. The Kier molecular flexibility index (Phi) is 8.03. The predicted octanol–water partition coefficient (Wildman–Crippen LogP) is 5.39. The second kappa shape index (κ2) is 11.7. The quantitative estimate of drug-likeness (QED) is 0.244. The van der Waals surface area contributed by atoms with Gasteiger partial charge in [0.15, 0.2) is 0 Å². The summed E-state index contributed by atoms with van der Waals surface area (Å²) in [5, 5.41) is 21.7. The fourth-order valence-electron chi connectivity index (χ4n) is 4.75. The van der Waals surface area contributed by atoms with Crippen molar-refractivity contribution in [1.29, 1.82) is 5.26 Å². The van der Waals surface area contributed by atoms with Gasteiger partial charge in [-0.05, 0) is 69.4 Å². The number of halogens is 1. The summed E-state index contributed by atoms with van der Waals surface area (Å²) >= 11 is 7.62. The first-order valence-corrected chi connectivity index (χ1v) is 14.0. The molecular formula is C30H26ClN5O4S. The first-order valence-electron chi connectivity index (χ1n) is 12.8. The van der Waals surface area contributed by atoms with E-state index in [4.69, 9.17) is 16.3 Å². The van der Waals surface area contributed by atoms with Crippen LogP contribution in [0.3, 0.4) is 0 Å². The molecule has 208 valence electrons. The van der Waals surface area contributed by atoms with Crippen molar-refractivity contribution in [2.24, 2.45) is 0 Å². The molecule has 0 unspecified atom stereocenters. The molecule has 2 aromatic carbocycles. The van der Waals surface area contributed by atoms with E-state index in [9.17, 15) is 20.0 Å². The maximum atomic E-state index is 13.5. The van der Waals surface area contributed by atoms with Gasteiger partial charge in [-0.2, -0.15) is 5.26 Å². The van der Waals surface area contributed by atoms with Gasteiger partial charge in [0.05, 0.1) is 38.8 Å². The minimum atomic E-state index is -1.04. The zero-order valence-electron chi connectivity index (χ0n) is 22.6. The Morgan fingerprint density at radius 2 is 2.02 bits per heavy atom. The van der Waals surface area contributed by atoms with Crippen LogP contribution in [0.25, 0.3) is 32.2 Å². The van der Waals surface area contributed by atoms with Crippen molar-refractivity contribution >= 4 is 50.0 Å². The lowest BCUT2D eigenvalue weighted by Gasteiger charge is -2.16. The number of benzene rings is 2. The van der Waals surface area contributed by atoms with Gasteiger partial charge in [0.25, 0.3) is 5.56 Å². The van der Waals surface area contributed by atoms with Gasteiger partial charge >= 0.3 is 5.97 Å². The standard InChI is InChI=1S/C30H26ClN5O4S/c1-17-34-24-13-18(7-9-35(2)3)12-19(15-32)26(24)29(37)36(17)10-11-40-25-5-4-20(31)14-22(25)21-6-8-33-27-23(30(38)39)16-41-28(21)27/h4-6,8,12-14,16H,7,9-11H2,1-3H3,(H,38,39). The van der Waals surface area contributed by atoms with Gasteiger partial charge in [-0.3, -0.25) is 14.3 Å². The number of carbonyl (C=O) groups is 1. The van der Waals surface area contributed by atoms with Gasteiger partial charge in [0.2, 0.25) is 0 Å². The van der Waals surface area contributed by atoms with Crippen LogP contribution in [-0.4, -0.2) is 57.8 Å². The molecule has 11 heteroatoms. The third kappa shape index (κ3) is 5.65. The lowest BCUT2D eigenvalue weighted by atomic mass is 10.0. The van der Waals surface area contributed by atoms with Crippen molar-refractivity contribution in [1.82, 2.24) is 19.4 Å². The molecule has 0 aliphatic heterocycles. The number of carboxylic acids is 1. The highest BCUT2D eigenvalue weighted by Crippen LogP contribution is 2.39. The number of aromatic nitrogens is 3. The average molecular weight is 588 g/mol. The number of fused-ring (bicyclic) bond motifs is 2. The monoisotopic (exact) mass is 587 g/mol. The summed E-state index contributed by atoms with van der Waals surface area (Å²) < 4.78 is 8.38. The molecule has 5 aromatic rings. The molecule has 0 saturated heterocycles. The van der Waals surface area contributed by atoms with Gasteiger partial charge in [0, 0.05) is 34.3 Å². The molecule has 41 heavy (non-hydrogen) atoms. The number of rotatable bonds is 9. The summed E-state index contributed by atoms with van der Waals surface area (Å²) in [5.41, 5.74) is 3.44. The fraction of sp³-hybridized carbons (Fsp3) is 0.233. The molecule has 0 radical (unpaired) electrons. The second-order valence-corrected chi connectivity index (χ2v) is 11.1. The lowest BCUT2D eigenvalue weighted by Crippen LogP contribution is -2.27. The minimum absolute atomic E-state index is 0.136. The van der Waals surface area contributed by atoms with E-state index < -0.39 is 5.97 Å². The van der Waals surface area contributed by atoms with Crippen LogP contribution in [0.1, 0.15) is 27.3 Å². The van der Waals surface area contributed by atoms with E-state index >= 15 is 0 Å². The third-order valence-corrected chi connectivity index (χ3v) is 8.00. The number of likely N-dealkylation sites (N-methyl/N-ethyl adjacent to an activating group) is 1. The summed E-state index contributed by atoms with van der Waals surface area (Å²) in [6.07, 6.45) is 2.30. The van der Waals surface area contributed by atoms with E-state index in [2.05, 4.69) is 20.9 Å². The zero-order chi connectivity index (χ0) is 29.3. The minimum Gasteiger partial charge on any atom is -0.491 e. The highest BCUT2D eigenvalue weighted by Gasteiger charge is 2.19. The molecule has 0 spiro atoms. The Bertz CT molecular complexity index is 1910. The number of hydrogen-bond acceptors (Lipinski definition) is 8. The number of carboxylic acid groups (broad SMARTS) is 1. The molecule has 0 atom stereocenters. The van der Waals surface area contributed by atoms with Crippen molar-refractivity contribution in [3.63, 3.8) is 0 Å². The van der Waals surface area contributed by atoms with Crippen LogP contribution in [0, 0.1) is 18.3 Å². The predicted molar refractivity (Wildman–Crippen MR) is 160 cm³/mol. The molecular weight excluding hydrogens is 562 g/mol. The van der Waals surface area contributed by atoms with Gasteiger partial charge in [0.1, 0.15) is 24.3 Å². The van der Waals surface area contributed by atoms with E-state index in [0.717, 1.165) is 24.1 Å². The maximum absolute atomic E-state index is 13.5. The largest absolute Gasteiger partial charge is 0.491 e. The smallest absolute Gasteiger partial charge is 0.338 e. The number of thiophene rings is 1. The van der Waals surface area contributed by atoms with Crippen molar-refractivity contribution in [2.75, 3.05) is 27.2 Å². The van der Waals surface area contributed by atoms with E-state index in [1.165, 1.54) is 15.9 Å². The van der Waals surface area contributed by atoms with Gasteiger partial charge in [-0.25, -0.2) is 9.78 Å². The van der Waals surface area contributed by atoms with Crippen molar-refractivity contribution in [3.8, 4) is 22.9 Å². The first kappa shape index (κ1) is 28.2. The van der Waals surface area contributed by atoms with Gasteiger partial charge in [-0.1, -0.05) is 11.6 Å². The molecule has 9 nitrogen and oxygen atoms in total. The van der Waals surface area contributed by atoms with Crippen LogP contribution in [0.15, 0.2) is 52.8 Å². The zero-order valence-corrected chi connectivity index (χ0v) is 24.2. The van der Waals surface area contributed by atoms with E-state index in [0.29, 0.717) is 48.8 Å². The normalized spacial score (nSPS) is 11.3. The topological polar surface area (TPSA) is 121 Å². The first-order chi connectivity index (χ1) is 19.7. The molecule has 0 saturated carbocycles. The van der Waals surface area contributed by atoms with Crippen molar-refractivity contribution < 1.29 is 14.6 Å². The van der Waals surface area contributed by atoms with E-state index in [1.807, 2.05) is 20.2 Å². The second-order valence-electron chi connectivity index (χ2n) is 9.80. The fourth-order valence-corrected chi connectivity index (χ4v) is 5.94. The summed E-state index contributed by atoms with van der Waals surface area (Å²) in [6.45, 7) is 2.92. The molecule has 0 bridgehead atoms. The van der Waals surface area contributed by atoms with Crippen LogP contribution in [-0.2, 0) is 13.0 Å². The number of nitriles is 1. The number of nitrogens with zero attached hydrogens (tertiary/aromatic N) is 5. The number of pyridine rings is 1. The molecule has 3 aromatic heterocycles. The molecule has 1 N–H and O–H groups in total. The Hall–Kier alpha value is -4.30. The van der Waals surface area contributed by atoms with Crippen LogP contribution >= 0.6 is 22.9 Å².